The third-order valence-corrected chi connectivity index (χ3v) is 0. The van der Waals surface area contributed by atoms with Crippen LogP contribution in [0.15, 0.2) is 0 Å². The zero-order valence-electron chi connectivity index (χ0n) is 11.5. The Hall–Kier alpha value is 1.46. The van der Waals surface area contributed by atoms with Crippen molar-refractivity contribution in [1.82, 2.24) is 0 Å². The molecule has 27 heavy (non-hydrogen) atoms. The summed E-state index contributed by atoms with van der Waals surface area (Å²) in [5, 5.41) is 129. The molecule has 0 rings (SSSR count). The van der Waals surface area contributed by atoms with Gasteiger partial charge >= 0.3 is 101 Å². The van der Waals surface area contributed by atoms with Crippen LogP contribution in [0, 0.1) is 0 Å². The Morgan fingerprint density at radius 3 is 0.185 bits per heavy atom. The molecule has 0 aromatic rings. The van der Waals surface area contributed by atoms with Gasteiger partial charge < -0.3 is 90.4 Å². The molecule has 0 saturated carbocycles. The van der Waals surface area contributed by atoms with Gasteiger partial charge in [-0.2, -0.15) is 0 Å². The average Bonchev–Trinajstić information content (AvgIpc) is 2.08. The van der Waals surface area contributed by atoms with Crippen LogP contribution in [0.4, 0.5) is 0 Å². The van der Waals surface area contributed by atoms with E-state index in [0.29, 0.717) is 0 Å². The van der Waals surface area contributed by atoms with Gasteiger partial charge in [0.2, 0.25) is 0 Å². The second-order valence-electron chi connectivity index (χ2n) is 2.08. The van der Waals surface area contributed by atoms with Gasteiger partial charge in [-0.25, -0.2) is 0 Å². The first-order valence-electron chi connectivity index (χ1n) is 4.65. The standard InChI is InChI=1S/6BH3O3.3Li.3H/c6*2-1(3)4;;;;;;/h6*2-4H;;;;;;. The van der Waals surface area contributed by atoms with Gasteiger partial charge in [-0.15, -0.1) is 0 Å². The summed E-state index contributed by atoms with van der Waals surface area (Å²) in [6.07, 6.45) is 0. The van der Waals surface area contributed by atoms with Crippen molar-refractivity contribution in [3.8, 4) is 0 Å². The first kappa shape index (κ1) is 56.7. The molecule has 0 spiro atoms. The summed E-state index contributed by atoms with van der Waals surface area (Å²) in [5.74, 6) is 0. The first-order valence-corrected chi connectivity index (χ1v) is 4.65. The summed E-state index contributed by atoms with van der Waals surface area (Å²) in [6, 6.07) is 0. The van der Waals surface area contributed by atoms with Gasteiger partial charge in [0.15, 0.2) is 0 Å². The Morgan fingerprint density at radius 1 is 0.185 bits per heavy atom. The van der Waals surface area contributed by atoms with Crippen molar-refractivity contribution in [2.45, 2.75) is 0 Å². The van der Waals surface area contributed by atoms with E-state index in [1.54, 1.807) is 0 Å². The van der Waals surface area contributed by atoms with E-state index in [4.69, 9.17) is 90.4 Å². The van der Waals surface area contributed by atoms with Gasteiger partial charge in [-0.05, 0) is 0 Å². The van der Waals surface area contributed by atoms with Gasteiger partial charge in [0, 0.05) is 0 Å². The minimum atomic E-state index is -2.17. The molecule has 0 aromatic heterocycles. The summed E-state index contributed by atoms with van der Waals surface area (Å²) in [6.45, 7) is 0. The number of rotatable bonds is 0. The van der Waals surface area contributed by atoms with Crippen LogP contribution in [0.3, 0.4) is 0 Å². The van der Waals surface area contributed by atoms with Gasteiger partial charge in [0.25, 0.3) is 0 Å². The van der Waals surface area contributed by atoms with Crippen molar-refractivity contribution in [1.29, 1.82) is 0 Å². The van der Waals surface area contributed by atoms with Gasteiger partial charge in [0.05, 0.1) is 0 Å². The summed E-state index contributed by atoms with van der Waals surface area (Å²) in [7, 11) is -13.0. The molecule has 0 saturated heterocycles. The second kappa shape index (κ2) is 50.8. The van der Waals surface area contributed by atoms with Crippen molar-refractivity contribution < 1.29 is 90.4 Å². The molecule has 0 aliphatic heterocycles. The van der Waals surface area contributed by atoms with Gasteiger partial charge in [-0.1, -0.05) is 0 Å². The fourth-order valence-electron chi connectivity index (χ4n) is 0. The third-order valence-electron chi connectivity index (χ3n) is 0. The average molecular weight is 395 g/mol. The molecule has 0 aromatic carbocycles. The van der Waals surface area contributed by atoms with Crippen LogP contribution in [-0.2, 0) is 0 Å². The van der Waals surface area contributed by atoms with E-state index in [2.05, 4.69) is 0 Å². The van der Waals surface area contributed by atoms with Crippen LogP contribution >= 0.6 is 0 Å². The Labute approximate surface area is 190 Å². The fraction of sp³-hybridized carbons (Fsp3) is 0. The minimum absolute atomic E-state index is 0. The number of hydrogen-bond donors (Lipinski definition) is 18. The Balaban J connectivity index is -0.0000000201. The van der Waals surface area contributed by atoms with E-state index >= 15 is 0 Å². The molecule has 0 fully saturated rings. The molecule has 18 N–H and O–H groups in total. The van der Waals surface area contributed by atoms with Crippen LogP contribution in [0.1, 0.15) is 0 Å². The topological polar surface area (TPSA) is 364 Å². The maximum absolute atomic E-state index is 7.17. The zero-order valence-corrected chi connectivity index (χ0v) is 11.5. The van der Waals surface area contributed by atoms with Gasteiger partial charge in [0.1, 0.15) is 0 Å². The van der Waals surface area contributed by atoms with Crippen molar-refractivity contribution in [2.24, 2.45) is 0 Å². The monoisotopic (exact) mass is 396 g/mol. The van der Waals surface area contributed by atoms with Crippen LogP contribution in [0.5, 0.6) is 0 Å². The second-order valence-corrected chi connectivity index (χ2v) is 2.08. The van der Waals surface area contributed by atoms with Crippen LogP contribution < -0.4 is 0 Å². The zero-order chi connectivity index (χ0) is 21.5. The van der Waals surface area contributed by atoms with E-state index in [0.717, 1.165) is 0 Å². The summed E-state index contributed by atoms with van der Waals surface area (Å²) >= 11 is 0. The SMILES string of the molecule is OB(O)O.OB(O)O.OB(O)O.OB(O)O.OB(O)O.OB(O)O.[LiH].[LiH].[LiH]. The molecule has 0 aliphatic carbocycles. The van der Waals surface area contributed by atoms with Crippen LogP contribution in [0.2, 0.25) is 0 Å². The molecule has 0 atom stereocenters. The summed E-state index contributed by atoms with van der Waals surface area (Å²) in [4.78, 5) is 0. The van der Waals surface area contributed by atoms with Crippen LogP contribution in [0.25, 0.3) is 0 Å². The molecule has 18 nitrogen and oxygen atoms in total. The molecular weight excluding hydrogens is 374 g/mol. The molecule has 0 amide bonds. The normalized spacial score (nSPS) is 6.00. The molecule has 27 heteroatoms. The summed E-state index contributed by atoms with van der Waals surface area (Å²) in [5.41, 5.74) is 0. The molecule has 0 heterocycles. The van der Waals surface area contributed by atoms with E-state index in [-0.39, 0.29) is 56.6 Å². The Morgan fingerprint density at radius 2 is 0.185 bits per heavy atom. The van der Waals surface area contributed by atoms with Crippen molar-refractivity contribution >= 4 is 101 Å². The van der Waals surface area contributed by atoms with Crippen molar-refractivity contribution in [3.63, 3.8) is 0 Å². The molecule has 0 unspecified atom stereocenters. The van der Waals surface area contributed by atoms with Crippen molar-refractivity contribution in [2.75, 3.05) is 0 Å². The van der Waals surface area contributed by atoms with Crippen molar-refractivity contribution in [3.05, 3.63) is 0 Å². The van der Waals surface area contributed by atoms with E-state index in [1.165, 1.54) is 0 Å². The van der Waals surface area contributed by atoms with E-state index in [1.807, 2.05) is 0 Å². The first-order chi connectivity index (χ1) is 10.4. The van der Waals surface area contributed by atoms with Crippen LogP contribution in [-0.4, -0.2) is 191 Å². The molecular formula is H21B6Li3O18. The maximum atomic E-state index is 7.17. The predicted molar refractivity (Wildman–Crippen MR) is 95.9 cm³/mol. The molecule has 0 aliphatic rings. The molecule has 0 radical (unpaired) electrons. The van der Waals surface area contributed by atoms with E-state index < -0.39 is 43.9 Å². The quantitative estimate of drug-likeness (QED) is 0.169. The van der Waals surface area contributed by atoms with Gasteiger partial charge in [-0.3, -0.25) is 0 Å². The fourth-order valence-corrected chi connectivity index (χ4v) is 0. The third kappa shape index (κ3) is 8330. The predicted octanol–water partition coefficient (Wildman–Crippen LogP) is -14.3. The summed E-state index contributed by atoms with van der Waals surface area (Å²) < 4.78 is 0. The number of hydrogen-bond acceptors (Lipinski definition) is 18. The van der Waals surface area contributed by atoms with E-state index in [9.17, 15) is 0 Å². The molecule has 0 bridgehead atoms. The Bertz CT molecular complexity index is 108. The Kier molecular flexibility index (Phi) is 107. The molecule has 150 valence electrons.